The Morgan fingerprint density at radius 1 is 1.24 bits per heavy atom. The van der Waals surface area contributed by atoms with E-state index >= 15 is 0 Å². The minimum absolute atomic E-state index is 0.0263. The number of anilines is 2. The minimum atomic E-state index is -1.21. The molecule has 2 N–H and O–H groups in total. The number of rotatable bonds is 9. The Morgan fingerprint density at radius 3 is 2.70 bits per heavy atom. The van der Waals surface area contributed by atoms with Gasteiger partial charge in [-0.3, -0.25) is 14.5 Å². The average Bonchev–Trinajstić information content (AvgIpc) is 3.26. The summed E-state index contributed by atoms with van der Waals surface area (Å²) in [7, 11) is 3.01. The van der Waals surface area contributed by atoms with Gasteiger partial charge in [0, 0.05) is 24.9 Å². The third-order valence-electron chi connectivity index (χ3n) is 5.08. The largest absolute Gasteiger partial charge is 0.460 e. The molecule has 0 radical (unpaired) electrons. The first-order chi connectivity index (χ1) is 17.6. The smallest absolute Gasteiger partial charge is 0.417 e. The van der Waals surface area contributed by atoms with Crippen LogP contribution in [-0.4, -0.2) is 53.4 Å². The van der Waals surface area contributed by atoms with Gasteiger partial charge in [0.1, 0.15) is 12.4 Å². The van der Waals surface area contributed by atoms with Crippen molar-refractivity contribution in [2.24, 2.45) is 0 Å². The number of carbonyl (C=O) groups is 3. The number of carbonyl (C=O) groups excluding carboxylic acids is 3. The monoisotopic (exact) mass is 532 g/mol. The molecule has 3 rings (SSSR count). The molecule has 13 heteroatoms. The summed E-state index contributed by atoms with van der Waals surface area (Å²) in [4.78, 5) is 42.2. The summed E-state index contributed by atoms with van der Waals surface area (Å²) in [5, 5.41) is 9.51. The molecule has 2 amide bonds. The molecule has 0 aliphatic carbocycles. The van der Waals surface area contributed by atoms with Gasteiger partial charge >= 0.3 is 12.1 Å². The molecule has 11 nitrogen and oxygen atoms in total. The first kappa shape index (κ1) is 27.6. The van der Waals surface area contributed by atoms with Gasteiger partial charge in [0.15, 0.2) is 11.9 Å². The van der Waals surface area contributed by atoms with Gasteiger partial charge in [-0.15, -0.1) is 0 Å². The van der Waals surface area contributed by atoms with Crippen LogP contribution in [0.2, 0.25) is 5.02 Å². The Balaban J connectivity index is 1.68. The second-order valence-electron chi connectivity index (χ2n) is 7.95. The van der Waals surface area contributed by atoms with Crippen LogP contribution >= 0.6 is 11.6 Å². The van der Waals surface area contributed by atoms with Crippen molar-refractivity contribution in [3.05, 3.63) is 70.4 Å². The van der Waals surface area contributed by atoms with Gasteiger partial charge in [0.2, 0.25) is 5.95 Å². The number of esters is 1. The van der Waals surface area contributed by atoms with E-state index in [1.165, 1.54) is 20.2 Å². The van der Waals surface area contributed by atoms with Crippen molar-refractivity contribution < 1.29 is 28.2 Å². The molecule has 0 aliphatic heterocycles. The van der Waals surface area contributed by atoms with Crippen LogP contribution in [0.3, 0.4) is 0 Å². The molecule has 0 fully saturated rings. The molecule has 196 valence electrons. The quantitative estimate of drug-likeness (QED) is 0.399. The van der Waals surface area contributed by atoms with Crippen molar-refractivity contribution in [3.8, 4) is 0 Å². The summed E-state index contributed by atoms with van der Waals surface area (Å²) in [5.74, 6) is -1.87. The SMILES string of the molecule is CNCC(=O)OCc1cccnc1N(C)C(=O)OC(C)n1nc(C(=O)Nc2ccc(C)cc2Cl)cc1F. The van der Waals surface area contributed by atoms with Gasteiger partial charge in [-0.2, -0.15) is 14.2 Å². The zero-order valence-corrected chi connectivity index (χ0v) is 21.4. The molecule has 0 bridgehead atoms. The highest BCUT2D eigenvalue weighted by Gasteiger charge is 2.24. The van der Waals surface area contributed by atoms with E-state index in [0.717, 1.165) is 21.2 Å². The molecule has 0 saturated heterocycles. The summed E-state index contributed by atoms with van der Waals surface area (Å²) in [5.41, 5.74) is 1.47. The van der Waals surface area contributed by atoms with Crippen LogP contribution in [0.1, 0.15) is 34.8 Å². The molecule has 37 heavy (non-hydrogen) atoms. The van der Waals surface area contributed by atoms with Crippen LogP contribution in [0.25, 0.3) is 0 Å². The lowest BCUT2D eigenvalue weighted by atomic mass is 10.2. The molecule has 0 saturated carbocycles. The van der Waals surface area contributed by atoms with Gasteiger partial charge < -0.3 is 20.1 Å². The number of nitrogens with zero attached hydrogens (tertiary/aromatic N) is 4. The normalized spacial score (nSPS) is 11.5. The summed E-state index contributed by atoms with van der Waals surface area (Å²) in [6.07, 6.45) is -0.624. The number of ether oxygens (including phenoxy) is 2. The zero-order chi connectivity index (χ0) is 27.1. The summed E-state index contributed by atoms with van der Waals surface area (Å²) in [6.45, 7) is 3.15. The van der Waals surface area contributed by atoms with Crippen molar-refractivity contribution in [2.75, 3.05) is 30.9 Å². The van der Waals surface area contributed by atoms with Crippen LogP contribution in [-0.2, 0) is 20.9 Å². The first-order valence-corrected chi connectivity index (χ1v) is 11.5. The molecule has 1 aromatic carbocycles. The molecule has 1 atom stereocenters. The molecule has 0 aliphatic rings. The lowest BCUT2D eigenvalue weighted by Gasteiger charge is -2.21. The summed E-state index contributed by atoms with van der Waals surface area (Å²) in [6, 6.07) is 9.24. The molecule has 2 heterocycles. The zero-order valence-electron chi connectivity index (χ0n) is 20.6. The van der Waals surface area contributed by atoms with Crippen molar-refractivity contribution in [1.29, 1.82) is 0 Å². The maximum atomic E-state index is 14.6. The van der Waals surface area contributed by atoms with E-state index in [0.29, 0.717) is 16.3 Å². The van der Waals surface area contributed by atoms with E-state index < -0.39 is 30.1 Å². The highest BCUT2D eigenvalue weighted by atomic mass is 35.5. The van der Waals surface area contributed by atoms with Gasteiger partial charge in [-0.1, -0.05) is 23.7 Å². The van der Waals surface area contributed by atoms with Crippen molar-refractivity contribution >= 4 is 41.1 Å². The summed E-state index contributed by atoms with van der Waals surface area (Å²) >= 11 is 6.14. The van der Waals surface area contributed by atoms with Crippen molar-refractivity contribution in [3.63, 3.8) is 0 Å². The third-order valence-corrected chi connectivity index (χ3v) is 5.39. The Labute approximate surface area is 217 Å². The number of halogens is 2. The first-order valence-electron chi connectivity index (χ1n) is 11.1. The standard InChI is InChI=1S/C24H26ClFN6O5/c1-14-7-8-18(17(25)10-14)29-23(34)19-11-20(26)32(30-19)15(2)37-24(35)31(4)22-16(6-5-9-28-22)13-36-21(33)12-27-3/h5-11,15,27H,12-13H2,1-4H3,(H,29,34). The lowest BCUT2D eigenvalue weighted by Crippen LogP contribution is -2.31. The number of hydrogen-bond acceptors (Lipinski definition) is 8. The van der Waals surface area contributed by atoms with E-state index in [4.69, 9.17) is 21.1 Å². The fourth-order valence-corrected chi connectivity index (χ4v) is 3.49. The number of likely N-dealkylation sites (N-methyl/N-ethyl adjacent to an activating group) is 1. The molecule has 0 spiro atoms. The number of hydrogen-bond donors (Lipinski definition) is 2. The molecule has 1 unspecified atom stereocenters. The highest BCUT2D eigenvalue weighted by molar-refractivity contribution is 6.34. The number of amides is 2. The number of benzene rings is 1. The Hall–Kier alpha value is -4.03. The second-order valence-corrected chi connectivity index (χ2v) is 8.36. The lowest BCUT2D eigenvalue weighted by molar-refractivity contribution is -0.143. The van der Waals surface area contributed by atoms with Gasteiger partial charge in [0.05, 0.1) is 17.3 Å². The second kappa shape index (κ2) is 12.3. The number of nitrogens with one attached hydrogen (secondary N) is 2. The maximum absolute atomic E-state index is 14.6. The van der Waals surface area contributed by atoms with Crippen LogP contribution < -0.4 is 15.5 Å². The van der Waals surface area contributed by atoms with Gasteiger partial charge in [-0.05, 0) is 44.7 Å². The van der Waals surface area contributed by atoms with Crippen LogP contribution in [0.5, 0.6) is 0 Å². The van der Waals surface area contributed by atoms with Crippen LogP contribution in [0, 0.1) is 12.9 Å². The van der Waals surface area contributed by atoms with E-state index in [9.17, 15) is 18.8 Å². The maximum Gasteiger partial charge on any atom is 0.417 e. The van der Waals surface area contributed by atoms with E-state index in [2.05, 4.69) is 20.7 Å². The van der Waals surface area contributed by atoms with Crippen molar-refractivity contribution in [2.45, 2.75) is 26.7 Å². The average molecular weight is 533 g/mol. The van der Waals surface area contributed by atoms with Crippen LogP contribution in [0.4, 0.5) is 20.7 Å². The summed E-state index contributed by atoms with van der Waals surface area (Å²) < 4.78 is 25.8. The van der Waals surface area contributed by atoms with Gasteiger partial charge in [-0.25, -0.2) is 9.78 Å². The fraction of sp³-hybridized carbons (Fsp3) is 0.292. The molecule has 2 aromatic heterocycles. The molecule has 3 aromatic rings. The highest BCUT2D eigenvalue weighted by Crippen LogP contribution is 2.24. The molecular weight excluding hydrogens is 507 g/mol. The third kappa shape index (κ3) is 7.02. The Morgan fingerprint density at radius 2 is 2.00 bits per heavy atom. The predicted octanol–water partition coefficient (Wildman–Crippen LogP) is 3.69. The fourth-order valence-electron chi connectivity index (χ4n) is 3.21. The Kier molecular flexibility index (Phi) is 9.15. The number of aryl methyl sites for hydroxylation is 1. The van der Waals surface area contributed by atoms with E-state index in [1.807, 2.05) is 6.92 Å². The van der Waals surface area contributed by atoms with Gasteiger partial charge in [0.25, 0.3) is 5.91 Å². The van der Waals surface area contributed by atoms with Crippen molar-refractivity contribution in [1.82, 2.24) is 20.1 Å². The minimum Gasteiger partial charge on any atom is -0.460 e. The van der Waals surface area contributed by atoms with E-state index in [1.54, 1.807) is 37.4 Å². The van der Waals surface area contributed by atoms with E-state index in [-0.39, 0.29) is 24.7 Å². The number of aromatic nitrogens is 3. The van der Waals surface area contributed by atoms with Crippen LogP contribution in [0.15, 0.2) is 42.6 Å². The predicted molar refractivity (Wildman–Crippen MR) is 134 cm³/mol. The molecular formula is C24H26ClFN6O5. The Bertz CT molecular complexity index is 1300. The number of pyridine rings is 1. The topological polar surface area (TPSA) is 128 Å².